The minimum absolute atomic E-state index is 0.0620. The summed E-state index contributed by atoms with van der Waals surface area (Å²) in [5.74, 6) is 1.92. The van der Waals surface area contributed by atoms with Gasteiger partial charge in [0.05, 0.1) is 5.71 Å². The second-order valence-corrected chi connectivity index (χ2v) is 10.7. The molecule has 0 bridgehead atoms. The fourth-order valence-corrected chi connectivity index (χ4v) is 7.34. The summed E-state index contributed by atoms with van der Waals surface area (Å²) in [7, 11) is 0. The van der Waals surface area contributed by atoms with Gasteiger partial charge in [-0.1, -0.05) is 31.6 Å². The second-order valence-electron chi connectivity index (χ2n) is 10.2. The van der Waals surface area contributed by atoms with E-state index in [1.165, 1.54) is 30.9 Å². The Labute approximate surface area is 185 Å². The molecular weight excluding hydrogens is 394 g/mol. The van der Waals surface area contributed by atoms with Crippen LogP contribution in [-0.4, -0.2) is 22.9 Å². The van der Waals surface area contributed by atoms with Gasteiger partial charge in [-0.2, -0.15) is 5.10 Å². The molecule has 3 N–H and O–H groups in total. The molecule has 0 amide bonds. The number of nitrogens with two attached hydrogens (primary N) is 1. The third kappa shape index (κ3) is 3.51. The largest absolute Gasteiger partial charge is 0.462 e. The van der Waals surface area contributed by atoms with Crippen LogP contribution in [0.4, 0.5) is 0 Å². The highest BCUT2D eigenvalue weighted by Crippen LogP contribution is 2.65. The molecule has 164 valence electrons. The molecule has 2 fully saturated rings. The number of esters is 1. The number of hydrogen-bond acceptors (Lipinski definition) is 4. The van der Waals surface area contributed by atoms with Gasteiger partial charge in [-0.05, 0) is 91.8 Å². The first kappa shape index (κ1) is 21.5. The second kappa shape index (κ2) is 7.77. The maximum absolute atomic E-state index is 11.4. The van der Waals surface area contributed by atoms with E-state index in [0.29, 0.717) is 17.8 Å². The summed E-state index contributed by atoms with van der Waals surface area (Å²) in [6.45, 7) is 8.50. The predicted octanol–water partition coefficient (Wildman–Crippen LogP) is 4.63. The Bertz CT molecular complexity index is 847. The van der Waals surface area contributed by atoms with Gasteiger partial charge in [0.2, 0.25) is 0 Å². The summed E-state index contributed by atoms with van der Waals surface area (Å²) in [5, 5.41) is 4.64. The highest BCUT2D eigenvalue weighted by Gasteiger charge is 2.57. The monoisotopic (exact) mass is 429 g/mol. The average molecular weight is 430 g/mol. The third-order valence-electron chi connectivity index (χ3n) is 8.70. The van der Waals surface area contributed by atoms with E-state index in [9.17, 15) is 4.79 Å². The molecule has 0 unspecified atom stereocenters. The van der Waals surface area contributed by atoms with Crippen LogP contribution in [-0.2, 0) is 9.53 Å². The molecule has 0 aliphatic heterocycles. The van der Waals surface area contributed by atoms with Crippen molar-refractivity contribution in [2.45, 2.75) is 78.7 Å². The molecule has 0 radical (unpaired) electrons. The number of hydrazone groups is 1. The predicted molar refractivity (Wildman–Crippen MR) is 124 cm³/mol. The van der Waals surface area contributed by atoms with Crippen molar-refractivity contribution in [3.05, 3.63) is 23.3 Å². The molecule has 5 nitrogen and oxygen atoms in total. The molecule has 0 aromatic heterocycles. The molecule has 2 saturated carbocycles. The van der Waals surface area contributed by atoms with Crippen molar-refractivity contribution in [2.24, 2.45) is 39.4 Å². The van der Waals surface area contributed by atoms with Crippen molar-refractivity contribution >= 4 is 29.0 Å². The number of thiocarbonyl (C=S) groups is 1. The van der Waals surface area contributed by atoms with Crippen molar-refractivity contribution in [3.63, 3.8) is 0 Å². The number of carbonyl (C=O) groups excluding carboxylic acids is 1. The van der Waals surface area contributed by atoms with Crippen LogP contribution in [0, 0.1) is 28.6 Å². The molecule has 0 saturated heterocycles. The SMILES string of the molecule is CC(=O)O[C@@H]1CC[C@@]2(C)C(=CC[C@@H]3[C@@H]2CC[C@]2(C)C(/C(C)=N\NC(N)=S)=CC[C@@H]32)C1. The van der Waals surface area contributed by atoms with Gasteiger partial charge in [0.25, 0.3) is 0 Å². The molecule has 0 aromatic rings. The Morgan fingerprint density at radius 3 is 2.60 bits per heavy atom. The lowest BCUT2D eigenvalue weighted by Crippen LogP contribution is -2.50. The lowest BCUT2D eigenvalue weighted by molar-refractivity contribution is -0.148. The smallest absolute Gasteiger partial charge is 0.302 e. The molecule has 4 rings (SSSR count). The third-order valence-corrected chi connectivity index (χ3v) is 8.79. The zero-order valence-electron chi connectivity index (χ0n) is 18.7. The van der Waals surface area contributed by atoms with Crippen LogP contribution in [0.25, 0.3) is 0 Å². The minimum Gasteiger partial charge on any atom is -0.462 e. The van der Waals surface area contributed by atoms with Gasteiger partial charge in [0.15, 0.2) is 5.11 Å². The Balaban J connectivity index is 1.55. The zero-order valence-corrected chi connectivity index (χ0v) is 19.5. The Hall–Kier alpha value is -1.69. The Morgan fingerprint density at radius 1 is 1.17 bits per heavy atom. The topological polar surface area (TPSA) is 76.7 Å². The van der Waals surface area contributed by atoms with Gasteiger partial charge in [0, 0.05) is 13.3 Å². The first-order valence-corrected chi connectivity index (χ1v) is 11.7. The van der Waals surface area contributed by atoms with Crippen molar-refractivity contribution in [3.8, 4) is 0 Å². The Kier molecular flexibility index (Phi) is 5.58. The van der Waals surface area contributed by atoms with Gasteiger partial charge in [0.1, 0.15) is 6.10 Å². The van der Waals surface area contributed by atoms with Crippen LogP contribution in [0.1, 0.15) is 72.6 Å². The number of carbonyl (C=O) groups is 1. The lowest BCUT2D eigenvalue weighted by Gasteiger charge is -2.57. The standard InChI is InChI=1S/C24H35N3O2S/c1-14(26-27-22(25)30)19-7-8-20-18-6-5-16-13-17(29-15(2)28)9-11-23(16,3)21(18)10-12-24(19,20)4/h5,7,17-18,20-21H,6,8-13H2,1-4H3,(H3,25,27,30)/b26-14-/t17-,18+,20+,21+,23+,24-/m1/s1. The number of nitrogens with zero attached hydrogens (tertiary/aromatic N) is 1. The average Bonchev–Trinajstić information content (AvgIpc) is 3.03. The summed E-state index contributed by atoms with van der Waals surface area (Å²) in [4.78, 5) is 11.4. The van der Waals surface area contributed by atoms with Gasteiger partial charge < -0.3 is 10.5 Å². The Morgan fingerprint density at radius 2 is 1.90 bits per heavy atom. The van der Waals surface area contributed by atoms with Gasteiger partial charge in [-0.25, -0.2) is 0 Å². The number of nitrogens with one attached hydrogen (secondary N) is 1. The number of hydrogen-bond donors (Lipinski definition) is 2. The van der Waals surface area contributed by atoms with Crippen LogP contribution in [0.2, 0.25) is 0 Å². The summed E-state index contributed by atoms with van der Waals surface area (Å²) in [6.07, 6.45) is 12.7. The molecule has 6 heteroatoms. The normalized spacial score (nSPS) is 40.3. The van der Waals surface area contributed by atoms with Gasteiger partial charge >= 0.3 is 5.97 Å². The van der Waals surface area contributed by atoms with Gasteiger partial charge in [-0.15, -0.1) is 0 Å². The van der Waals surface area contributed by atoms with Crippen molar-refractivity contribution < 1.29 is 9.53 Å². The molecule has 0 heterocycles. The van der Waals surface area contributed by atoms with Crippen molar-refractivity contribution in [1.29, 1.82) is 0 Å². The van der Waals surface area contributed by atoms with Crippen molar-refractivity contribution in [1.82, 2.24) is 5.43 Å². The number of fused-ring (bicyclic) bond motifs is 5. The molecule has 6 atom stereocenters. The van der Waals surface area contributed by atoms with E-state index in [-0.39, 0.29) is 28.0 Å². The fourth-order valence-electron chi connectivity index (χ4n) is 7.29. The maximum atomic E-state index is 11.4. The molecule has 0 spiro atoms. The molecule has 4 aliphatic carbocycles. The minimum atomic E-state index is -0.155. The highest BCUT2D eigenvalue weighted by molar-refractivity contribution is 7.80. The first-order valence-electron chi connectivity index (χ1n) is 11.3. The van der Waals surface area contributed by atoms with Crippen LogP contribution in [0.3, 0.4) is 0 Å². The number of allylic oxidation sites excluding steroid dienone is 3. The molecule has 4 aliphatic rings. The first-order chi connectivity index (χ1) is 14.1. The van der Waals surface area contributed by atoms with E-state index < -0.39 is 0 Å². The summed E-state index contributed by atoms with van der Waals surface area (Å²) < 4.78 is 5.56. The lowest BCUT2D eigenvalue weighted by atomic mass is 9.47. The van der Waals surface area contributed by atoms with E-state index in [1.807, 2.05) is 0 Å². The highest BCUT2D eigenvalue weighted by atomic mass is 32.1. The molecule has 0 aromatic carbocycles. The van der Waals surface area contributed by atoms with Crippen LogP contribution in [0.5, 0.6) is 0 Å². The molecule has 30 heavy (non-hydrogen) atoms. The zero-order chi connectivity index (χ0) is 21.7. The van der Waals surface area contributed by atoms with Crippen molar-refractivity contribution in [2.75, 3.05) is 0 Å². The molecular formula is C24H35N3O2S. The van der Waals surface area contributed by atoms with Crippen LogP contribution in [0.15, 0.2) is 28.4 Å². The van der Waals surface area contributed by atoms with E-state index >= 15 is 0 Å². The number of rotatable bonds is 3. The number of ether oxygens (including phenoxy) is 1. The summed E-state index contributed by atoms with van der Waals surface area (Å²) >= 11 is 4.91. The van der Waals surface area contributed by atoms with Crippen LogP contribution < -0.4 is 11.2 Å². The quantitative estimate of drug-likeness (QED) is 0.225. The van der Waals surface area contributed by atoms with Crippen LogP contribution >= 0.6 is 12.2 Å². The summed E-state index contributed by atoms with van der Waals surface area (Å²) in [5.41, 5.74) is 12.7. The van der Waals surface area contributed by atoms with E-state index in [2.05, 4.69) is 43.5 Å². The maximum Gasteiger partial charge on any atom is 0.302 e. The van der Waals surface area contributed by atoms with E-state index in [0.717, 1.165) is 37.8 Å². The fraction of sp³-hybridized carbons (Fsp3) is 0.708. The van der Waals surface area contributed by atoms with Gasteiger partial charge in [-0.3, -0.25) is 10.2 Å². The summed E-state index contributed by atoms with van der Waals surface area (Å²) in [6, 6.07) is 0. The van der Waals surface area contributed by atoms with E-state index in [4.69, 9.17) is 22.7 Å². The van der Waals surface area contributed by atoms with E-state index in [1.54, 1.807) is 0 Å².